The summed E-state index contributed by atoms with van der Waals surface area (Å²) in [6, 6.07) is 30.4. The van der Waals surface area contributed by atoms with Crippen molar-refractivity contribution in [2.24, 2.45) is 0 Å². The maximum absolute atomic E-state index is 9.19. The molecule has 1 aliphatic heterocycles. The summed E-state index contributed by atoms with van der Waals surface area (Å²) in [4.78, 5) is 0. The minimum Gasteiger partial charge on any atom is -0.309 e. The van der Waals surface area contributed by atoms with Gasteiger partial charge in [-0.3, -0.25) is 0 Å². The van der Waals surface area contributed by atoms with Gasteiger partial charge in [0.25, 0.3) is 0 Å². The minimum absolute atomic E-state index is 0.178. The Kier molecular flexibility index (Phi) is 2.42. The van der Waals surface area contributed by atoms with Crippen molar-refractivity contribution in [3.63, 3.8) is 0 Å². The Bertz CT molecular complexity index is 1530. The fourth-order valence-corrected chi connectivity index (χ4v) is 5.35. The Morgan fingerprint density at radius 2 is 1.11 bits per heavy atom. The molecule has 0 aliphatic carbocycles. The lowest BCUT2D eigenvalue weighted by Crippen LogP contribution is -2.54. The minimum atomic E-state index is 0.178. The Morgan fingerprint density at radius 3 is 1.64 bits per heavy atom. The molecule has 0 amide bonds. The van der Waals surface area contributed by atoms with Crippen LogP contribution in [-0.4, -0.2) is 11.1 Å². The van der Waals surface area contributed by atoms with Gasteiger partial charge in [0.15, 0.2) is 0 Å². The van der Waals surface area contributed by atoms with E-state index in [-0.39, 0.29) is 6.71 Å². The van der Waals surface area contributed by atoms with E-state index in [0.29, 0.717) is 5.56 Å². The molecule has 4 aromatic carbocycles. The van der Waals surface area contributed by atoms with E-state index in [2.05, 4.69) is 77.2 Å². The van der Waals surface area contributed by atoms with E-state index in [1.807, 2.05) is 12.1 Å². The van der Waals surface area contributed by atoms with Gasteiger partial charge in [0.2, 0.25) is 6.71 Å². The van der Waals surface area contributed by atoms with Gasteiger partial charge in [-0.2, -0.15) is 5.26 Å². The molecule has 0 atom stereocenters. The molecule has 2 aromatic heterocycles. The standard InChI is InChI=1S/C25H13BN2/c27-14-15-10-12-16(13-11-15)26-21-8-2-6-19-17-4-1-5-18-20-7-3-9-22(26)25(20)28(23(17)18)24(19)21/h1-13H. The number of nitriles is 1. The Labute approximate surface area is 161 Å². The van der Waals surface area contributed by atoms with E-state index < -0.39 is 0 Å². The predicted molar refractivity (Wildman–Crippen MR) is 117 cm³/mol. The van der Waals surface area contributed by atoms with Gasteiger partial charge in [-0.05, 0) is 23.1 Å². The molecule has 1 aliphatic rings. The summed E-state index contributed by atoms with van der Waals surface area (Å²) in [6.45, 7) is 0.178. The van der Waals surface area contributed by atoms with Crippen LogP contribution >= 0.6 is 0 Å². The largest absolute Gasteiger partial charge is 0.309 e. The number of aromatic nitrogens is 1. The average Bonchev–Trinajstić information content (AvgIpc) is 3.28. The molecule has 3 heteroatoms. The number of para-hydroxylation sites is 3. The van der Waals surface area contributed by atoms with Crippen LogP contribution in [0.15, 0.2) is 78.9 Å². The molecule has 0 spiro atoms. The number of nitrogens with zero attached hydrogens (tertiary/aromatic N) is 2. The summed E-state index contributed by atoms with van der Waals surface area (Å²) < 4.78 is 2.49. The van der Waals surface area contributed by atoms with E-state index in [4.69, 9.17) is 0 Å². The zero-order valence-corrected chi connectivity index (χ0v) is 15.0. The highest BCUT2D eigenvalue weighted by atomic mass is 14.9. The van der Waals surface area contributed by atoms with Crippen LogP contribution in [0, 0.1) is 11.3 Å². The molecule has 6 aromatic rings. The van der Waals surface area contributed by atoms with Gasteiger partial charge < -0.3 is 4.40 Å². The highest BCUT2D eigenvalue weighted by molar-refractivity contribution is 6.98. The summed E-state index contributed by atoms with van der Waals surface area (Å²) >= 11 is 0. The van der Waals surface area contributed by atoms with Crippen molar-refractivity contribution in [2.75, 3.05) is 0 Å². The highest BCUT2D eigenvalue weighted by Gasteiger charge is 2.33. The number of rotatable bonds is 1. The molecule has 28 heavy (non-hydrogen) atoms. The van der Waals surface area contributed by atoms with Gasteiger partial charge in [-0.15, -0.1) is 0 Å². The Hall–Kier alpha value is -3.77. The lowest BCUT2D eigenvalue weighted by atomic mass is 9.35. The van der Waals surface area contributed by atoms with E-state index in [1.165, 1.54) is 54.5 Å². The lowest BCUT2D eigenvalue weighted by molar-refractivity contribution is 1.38. The zero-order valence-electron chi connectivity index (χ0n) is 15.0. The van der Waals surface area contributed by atoms with Gasteiger partial charge in [0.1, 0.15) is 0 Å². The third kappa shape index (κ3) is 1.48. The van der Waals surface area contributed by atoms with Crippen molar-refractivity contribution < 1.29 is 0 Å². The molecule has 2 nitrogen and oxygen atoms in total. The van der Waals surface area contributed by atoms with Crippen LogP contribution in [0.1, 0.15) is 5.56 Å². The maximum atomic E-state index is 9.19. The average molecular weight is 352 g/mol. The first-order valence-electron chi connectivity index (χ1n) is 9.56. The lowest BCUT2D eigenvalue weighted by Gasteiger charge is -2.22. The monoisotopic (exact) mass is 352 g/mol. The normalized spacial score (nSPS) is 12.9. The molecule has 7 rings (SSSR count). The Morgan fingerprint density at radius 1 is 0.607 bits per heavy atom. The quantitative estimate of drug-likeness (QED) is 0.416. The number of benzene rings is 4. The summed E-state index contributed by atoms with van der Waals surface area (Å²) in [5.41, 5.74) is 8.63. The van der Waals surface area contributed by atoms with Gasteiger partial charge in [-0.25, -0.2) is 0 Å². The fraction of sp³-hybridized carbons (Fsp3) is 0. The maximum Gasteiger partial charge on any atom is 0.246 e. The van der Waals surface area contributed by atoms with Crippen LogP contribution in [0.3, 0.4) is 0 Å². The molecular formula is C25H13BN2. The Balaban J connectivity index is 1.73. The van der Waals surface area contributed by atoms with Crippen molar-refractivity contribution in [1.82, 2.24) is 4.40 Å². The van der Waals surface area contributed by atoms with E-state index in [9.17, 15) is 5.26 Å². The molecular weight excluding hydrogens is 339 g/mol. The topological polar surface area (TPSA) is 28.2 Å². The van der Waals surface area contributed by atoms with Crippen LogP contribution in [0.2, 0.25) is 0 Å². The first-order valence-corrected chi connectivity index (χ1v) is 9.56. The van der Waals surface area contributed by atoms with Crippen molar-refractivity contribution in [2.45, 2.75) is 0 Å². The number of hydrogen-bond donors (Lipinski definition) is 0. The zero-order chi connectivity index (χ0) is 18.4. The summed E-state index contributed by atoms with van der Waals surface area (Å²) in [5, 5.41) is 14.5. The SMILES string of the molecule is N#Cc1ccc(B2c3cccc4c5cccc6c7cccc2c7n(c34)c56)cc1. The third-order valence-electron chi connectivity index (χ3n) is 6.42. The van der Waals surface area contributed by atoms with Crippen LogP contribution in [-0.2, 0) is 0 Å². The second-order valence-corrected chi connectivity index (χ2v) is 7.69. The molecule has 126 valence electrons. The van der Waals surface area contributed by atoms with Crippen molar-refractivity contribution in [3.8, 4) is 6.07 Å². The van der Waals surface area contributed by atoms with E-state index in [0.717, 1.165) is 0 Å². The molecule has 3 heterocycles. The van der Waals surface area contributed by atoms with Crippen LogP contribution in [0.25, 0.3) is 38.1 Å². The third-order valence-corrected chi connectivity index (χ3v) is 6.42. The van der Waals surface area contributed by atoms with E-state index >= 15 is 0 Å². The molecule has 0 N–H and O–H groups in total. The molecule has 0 saturated heterocycles. The second-order valence-electron chi connectivity index (χ2n) is 7.69. The van der Waals surface area contributed by atoms with E-state index in [1.54, 1.807) is 0 Å². The second kappa shape index (κ2) is 4.74. The molecule has 0 saturated carbocycles. The van der Waals surface area contributed by atoms with Gasteiger partial charge in [0.05, 0.1) is 17.1 Å². The van der Waals surface area contributed by atoms with Crippen molar-refractivity contribution in [1.29, 1.82) is 5.26 Å². The number of hydrogen-bond acceptors (Lipinski definition) is 1. The van der Waals surface area contributed by atoms with Gasteiger partial charge >= 0.3 is 0 Å². The molecule has 0 unspecified atom stereocenters. The molecule has 0 bridgehead atoms. The molecule has 0 radical (unpaired) electrons. The fourth-order valence-electron chi connectivity index (χ4n) is 5.35. The first kappa shape index (κ1) is 14.3. The van der Waals surface area contributed by atoms with Crippen molar-refractivity contribution in [3.05, 3.63) is 84.4 Å². The smallest absolute Gasteiger partial charge is 0.246 e. The number of fused-ring (bicyclic) bond motifs is 2. The predicted octanol–water partition coefficient (Wildman–Crippen LogP) is 3.54. The van der Waals surface area contributed by atoms with Crippen LogP contribution < -0.4 is 16.4 Å². The molecule has 0 fully saturated rings. The summed E-state index contributed by atoms with van der Waals surface area (Å²) in [5.74, 6) is 0. The van der Waals surface area contributed by atoms with Crippen LogP contribution in [0.4, 0.5) is 0 Å². The highest BCUT2D eigenvalue weighted by Crippen LogP contribution is 2.39. The first-order chi connectivity index (χ1) is 13.9. The van der Waals surface area contributed by atoms with Crippen molar-refractivity contribution >= 4 is 61.2 Å². The van der Waals surface area contributed by atoms with Crippen LogP contribution in [0.5, 0.6) is 0 Å². The van der Waals surface area contributed by atoms with Gasteiger partial charge in [-0.1, -0.05) is 72.2 Å². The summed E-state index contributed by atoms with van der Waals surface area (Å²) in [7, 11) is 0. The summed E-state index contributed by atoms with van der Waals surface area (Å²) in [6.07, 6.45) is 0. The van der Waals surface area contributed by atoms with Gasteiger partial charge in [0, 0.05) is 32.6 Å².